The third kappa shape index (κ3) is 2.61. The highest BCUT2D eigenvalue weighted by Crippen LogP contribution is 2.28. The molecule has 0 bridgehead atoms. The van der Waals surface area contributed by atoms with Gasteiger partial charge in [-0.05, 0) is 24.6 Å². The van der Waals surface area contributed by atoms with Crippen LogP contribution >= 0.6 is 0 Å². The van der Waals surface area contributed by atoms with Gasteiger partial charge < -0.3 is 14.8 Å². The van der Waals surface area contributed by atoms with Crippen LogP contribution in [0.1, 0.15) is 36.9 Å². The molecule has 0 aliphatic heterocycles. The molecule has 0 spiro atoms. The second kappa shape index (κ2) is 5.66. The molecule has 1 rings (SSSR count). The Morgan fingerprint density at radius 1 is 1.38 bits per heavy atom. The first-order chi connectivity index (χ1) is 7.63. The number of benzene rings is 1. The summed E-state index contributed by atoms with van der Waals surface area (Å²) in [6, 6.07) is 5.67. The lowest BCUT2D eigenvalue weighted by molar-refractivity contribution is -0.109. The zero-order chi connectivity index (χ0) is 12.1. The Hall–Kier alpha value is -1.35. The standard InChI is InChI=1S/C13H19NO2/c1-9(2)10-5-6-11(12(8-15)14-3)13(7-10)16-4/h5-9,12,14H,1-4H3. The van der Waals surface area contributed by atoms with E-state index in [0.29, 0.717) is 5.92 Å². The van der Waals surface area contributed by atoms with E-state index >= 15 is 0 Å². The minimum absolute atomic E-state index is 0.309. The van der Waals surface area contributed by atoms with Gasteiger partial charge in [0.15, 0.2) is 0 Å². The third-order valence-corrected chi connectivity index (χ3v) is 2.71. The summed E-state index contributed by atoms with van der Waals surface area (Å²) in [4.78, 5) is 10.9. The molecule has 0 aliphatic carbocycles. The summed E-state index contributed by atoms with van der Waals surface area (Å²) in [5, 5.41) is 2.94. The average molecular weight is 221 g/mol. The zero-order valence-corrected chi connectivity index (χ0v) is 10.3. The summed E-state index contributed by atoms with van der Waals surface area (Å²) in [5.41, 5.74) is 2.09. The summed E-state index contributed by atoms with van der Waals surface area (Å²) < 4.78 is 5.32. The van der Waals surface area contributed by atoms with Gasteiger partial charge in [0.2, 0.25) is 0 Å². The number of carbonyl (C=O) groups is 1. The van der Waals surface area contributed by atoms with Crippen molar-refractivity contribution >= 4 is 6.29 Å². The molecule has 3 nitrogen and oxygen atoms in total. The Labute approximate surface area is 96.8 Å². The highest BCUT2D eigenvalue weighted by Gasteiger charge is 2.14. The zero-order valence-electron chi connectivity index (χ0n) is 10.3. The van der Waals surface area contributed by atoms with Crippen LogP contribution in [0.25, 0.3) is 0 Å². The number of ether oxygens (including phenoxy) is 1. The van der Waals surface area contributed by atoms with E-state index in [9.17, 15) is 4.79 Å². The number of hydrogen-bond donors (Lipinski definition) is 1. The van der Waals surface area contributed by atoms with Crippen LogP contribution in [0.3, 0.4) is 0 Å². The number of carbonyl (C=O) groups excluding carboxylic acids is 1. The van der Waals surface area contributed by atoms with Crippen molar-refractivity contribution in [3.05, 3.63) is 29.3 Å². The van der Waals surface area contributed by atoms with E-state index < -0.39 is 0 Å². The number of hydrogen-bond acceptors (Lipinski definition) is 3. The Bertz CT molecular complexity index is 361. The first-order valence-electron chi connectivity index (χ1n) is 5.44. The molecule has 0 radical (unpaired) electrons. The van der Waals surface area contributed by atoms with Crippen LogP contribution in [0.5, 0.6) is 5.75 Å². The molecule has 0 fully saturated rings. The average Bonchev–Trinajstić information content (AvgIpc) is 2.30. The molecule has 0 aliphatic rings. The summed E-state index contributed by atoms with van der Waals surface area (Å²) >= 11 is 0. The molecule has 1 N–H and O–H groups in total. The maximum Gasteiger partial charge on any atom is 0.141 e. The monoisotopic (exact) mass is 221 g/mol. The third-order valence-electron chi connectivity index (χ3n) is 2.71. The maximum absolute atomic E-state index is 10.9. The van der Waals surface area contributed by atoms with Gasteiger partial charge in [0.1, 0.15) is 12.0 Å². The molecule has 1 unspecified atom stereocenters. The van der Waals surface area contributed by atoms with Gasteiger partial charge in [-0.3, -0.25) is 0 Å². The Morgan fingerprint density at radius 3 is 2.50 bits per heavy atom. The van der Waals surface area contributed by atoms with E-state index in [4.69, 9.17) is 4.74 Å². The van der Waals surface area contributed by atoms with E-state index in [1.54, 1.807) is 14.2 Å². The quantitative estimate of drug-likeness (QED) is 0.775. The fourth-order valence-electron chi connectivity index (χ4n) is 1.64. The fourth-order valence-corrected chi connectivity index (χ4v) is 1.64. The van der Waals surface area contributed by atoms with Crippen LogP contribution in [0.15, 0.2) is 18.2 Å². The van der Waals surface area contributed by atoms with Gasteiger partial charge in [-0.1, -0.05) is 26.0 Å². The first-order valence-corrected chi connectivity index (χ1v) is 5.44. The number of nitrogens with one attached hydrogen (secondary N) is 1. The second-order valence-electron chi connectivity index (χ2n) is 4.06. The summed E-state index contributed by atoms with van der Waals surface area (Å²) in [5.74, 6) is 1.21. The van der Waals surface area contributed by atoms with Crippen LogP contribution in [0.4, 0.5) is 0 Å². The normalized spacial score (nSPS) is 12.6. The Kier molecular flexibility index (Phi) is 4.50. The van der Waals surface area contributed by atoms with Gasteiger partial charge >= 0.3 is 0 Å². The van der Waals surface area contributed by atoms with Crippen molar-refractivity contribution in [1.29, 1.82) is 0 Å². The summed E-state index contributed by atoms with van der Waals surface area (Å²) in [7, 11) is 3.38. The van der Waals surface area contributed by atoms with E-state index in [0.717, 1.165) is 17.6 Å². The first kappa shape index (κ1) is 12.7. The van der Waals surface area contributed by atoms with E-state index in [2.05, 4.69) is 19.2 Å². The highest BCUT2D eigenvalue weighted by atomic mass is 16.5. The summed E-state index contributed by atoms with van der Waals surface area (Å²) in [6.45, 7) is 4.26. The van der Waals surface area contributed by atoms with Gasteiger partial charge in [0, 0.05) is 5.56 Å². The lowest BCUT2D eigenvalue weighted by atomic mass is 9.98. The van der Waals surface area contributed by atoms with E-state index in [1.807, 2.05) is 18.2 Å². The Morgan fingerprint density at radius 2 is 2.06 bits per heavy atom. The predicted molar refractivity (Wildman–Crippen MR) is 64.9 cm³/mol. The van der Waals surface area contributed by atoms with Crippen LogP contribution < -0.4 is 10.1 Å². The van der Waals surface area contributed by atoms with Crippen molar-refractivity contribution in [2.45, 2.75) is 25.8 Å². The van der Waals surface area contributed by atoms with Crippen molar-refractivity contribution < 1.29 is 9.53 Å². The topological polar surface area (TPSA) is 38.3 Å². The molecule has 0 amide bonds. The smallest absolute Gasteiger partial charge is 0.141 e. The molecule has 0 saturated heterocycles. The van der Waals surface area contributed by atoms with Gasteiger partial charge in [0.25, 0.3) is 0 Å². The Balaban J connectivity index is 3.15. The molecule has 1 atom stereocenters. The van der Waals surface area contributed by atoms with Crippen molar-refractivity contribution in [2.75, 3.05) is 14.2 Å². The molecule has 0 heterocycles. The predicted octanol–water partition coefficient (Wildman–Crippen LogP) is 2.28. The van der Waals surface area contributed by atoms with Crippen molar-refractivity contribution in [3.8, 4) is 5.75 Å². The molecule has 88 valence electrons. The van der Waals surface area contributed by atoms with Crippen LogP contribution in [0, 0.1) is 0 Å². The van der Waals surface area contributed by atoms with Gasteiger partial charge in [-0.2, -0.15) is 0 Å². The van der Waals surface area contributed by atoms with Gasteiger partial charge in [-0.15, -0.1) is 0 Å². The SMILES string of the molecule is CNC(C=O)c1ccc(C(C)C)cc1OC. The highest BCUT2D eigenvalue weighted by molar-refractivity contribution is 5.64. The minimum atomic E-state index is -0.309. The molecule has 1 aromatic rings. The molecular formula is C13H19NO2. The lowest BCUT2D eigenvalue weighted by Crippen LogP contribution is -2.18. The molecule has 1 aromatic carbocycles. The van der Waals surface area contributed by atoms with Gasteiger partial charge in [-0.25, -0.2) is 0 Å². The molecule has 0 aromatic heterocycles. The summed E-state index contributed by atoms with van der Waals surface area (Å²) in [6.07, 6.45) is 0.882. The van der Waals surface area contributed by atoms with Crippen LogP contribution in [-0.2, 0) is 4.79 Å². The molecule has 3 heteroatoms. The number of rotatable bonds is 5. The van der Waals surface area contributed by atoms with E-state index in [-0.39, 0.29) is 6.04 Å². The van der Waals surface area contributed by atoms with Crippen LogP contribution in [-0.4, -0.2) is 20.4 Å². The maximum atomic E-state index is 10.9. The van der Waals surface area contributed by atoms with Crippen molar-refractivity contribution in [1.82, 2.24) is 5.32 Å². The lowest BCUT2D eigenvalue weighted by Gasteiger charge is -2.16. The molecular weight excluding hydrogens is 202 g/mol. The number of methoxy groups -OCH3 is 1. The van der Waals surface area contributed by atoms with Gasteiger partial charge in [0.05, 0.1) is 13.2 Å². The van der Waals surface area contributed by atoms with E-state index in [1.165, 1.54) is 5.56 Å². The van der Waals surface area contributed by atoms with Crippen LogP contribution in [0.2, 0.25) is 0 Å². The van der Waals surface area contributed by atoms with Crippen molar-refractivity contribution in [3.63, 3.8) is 0 Å². The second-order valence-corrected chi connectivity index (χ2v) is 4.06. The minimum Gasteiger partial charge on any atom is -0.496 e. The fraction of sp³-hybridized carbons (Fsp3) is 0.462. The van der Waals surface area contributed by atoms with Crippen molar-refractivity contribution in [2.24, 2.45) is 0 Å². The molecule has 16 heavy (non-hydrogen) atoms. The largest absolute Gasteiger partial charge is 0.496 e. The number of likely N-dealkylation sites (N-methyl/N-ethyl adjacent to an activating group) is 1. The molecule has 0 saturated carbocycles. The number of aldehydes is 1.